The van der Waals surface area contributed by atoms with Gasteiger partial charge in [0.2, 0.25) is 5.78 Å². The maximum Gasteiger partial charge on any atom is 0.371 e. The highest BCUT2D eigenvalue weighted by Crippen LogP contribution is 1.94. The van der Waals surface area contributed by atoms with Crippen molar-refractivity contribution in [3.05, 3.63) is 0 Å². The summed E-state index contributed by atoms with van der Waals surface area (Å²) in [7, 11) is 0. The van der Waals surface area contributed by atoms with Gasteiger partial charge in [-0.1, -0.05) is 0 Å². The zero-order valence-electron chi connectivity index (χ0n) is 13.8. The number of carbonyl (C=O) groups is 6. The Hall–Kier alpha value is -3.06. The Bertz CT molecular complexity index is 472. The maximum atomic E-state index is 9.99. The molecule has 9 N–H and O–H groups in total. The smallest absolute Gasteiger partial charge is 0.371 e. The first-order valence-corrected chi connectivity index (χ1v) is 6.86. The minimum Gasteiger partial charge on any atom is -0.481 e. The second-order valence-corrected chi connectivity index (χ2v) is 4.62. The molecule has 150 valence electrons. The predicted molar refractivity (Wildman–Crippen MR) is 83.3 cm³/mol. The maximum absolute atomic E-state index is 9.99. The van der Waals surface area contributed by atoms with Gasteiger partial charge in [-0.15, -0.1) is 0 Å². The molecule has 13 heteroatoms. The van der Waals surface area contributed by atoms with Crippen LogP contribution in [0.3, 0.4) is 0 Å². The molecule has 0 saturated heterocycles. The lowest BCUT2D eigenvalue weighted by atomic mass is 10.2. The third-order valence-corrected chi connectivity index (χ3v) is 2.27. The first kappa shape index (κ1) is 27.8. The second kappa shape index (κ2) is 15.5. The summed E-state index contributed by atoms with van der Waals surface area (Å²) in [5.74, 6) is -6.60. The molecule has 0 amide bonds. The van der Waals surface area contributed by atoms with Crippen molar-refractivity contribution < 1.29 is 54.3 Å². The van der Waals surface area contributed by atoms with E-state index in [-0.39, 0.29) is 25.7 Å². The van der Waals surface area contributed by atoms with Crippen LogP contribution in [0.1, 0.15) is 32.6 Å². The Kier molecular flexibility index (Phi) is 16.5. The first-order valence-electron chi connectivity index (χ1n) is 6.86. The Balaban J connectivity index is -0.000000316. The fourth-order valence-corrected chi connectivity index (χ4v) is 0.805. The van der Waals surface area contributed by atoms with Crippen molar-refractivity contribution in [2.45, 2.75) is 44.7 Å². The van der Waals surface area contributed by atoms with E-state index in [9.17, 15) is 28.8 Å². The topological polar surface area (TPSA) is 256 Å². The van der Waals surface area contributed by atoms with E-state index in [1.807, 2.05) is 0 Å². The number of carboxylic acid groups (broad SMARTS) is 5. The summed E-state index contributed by atoms with van der Waals surface area (Å²) in [6.45, 7) is 1.00. The minimum absolute atomic E-state index is 0.0231. The van der Waals surface area contributed by atoms with Crippen molar-refractivity contribution in [2.24, 2.45) is 11.5 Å². The number of hydrogen-bond acceptors (Lipinski definition) is 8. The van der Waals surface area contributed by atoms with Crippen LogP contribution in [0.2, 0.25) is 0 Å². The van der Waals surface area contributed by atoms with Gasteiger partial charge in [-0.05, 0) is 12.8 Å². The average Bonchev–Trinajstić information content (AvgIpc) is 2.50. The van der Waals surface area contributed by atoms with Gasteiger partial charge in [0, 0.05) is 19.8 Å². The van der Waals surface area contributed by atoms with E-state index >= 15 is 0 Å². The fraction of sp³-hybridized carbons (Fsp3) is 0.538. The molecular formula is C13H22N2O11. The van der Waals surface area contributed by atoms with Crippen LogP contribution in [0.4, 0.5) is 0 Å². The van der Waals surface area contributed by atoms with Crippen LogP contribution in [0, 0.1) is 0 Å². The van der Waals surface area contributed by atoms with Gasteiger partial charge in [-0.2, -0.15) is 0 Å². The van der Waals surface area contributed by atoms with E-state index < -0.39 is 47.7 Å². The van der Waals surface area contributed by atoms with Gasteiger partial charge in [-0.3, -0.25) is 24.0 Å². The van der Waals surface area contributed by atoms with E-state index in [1.165, 1.54) is 0 Å². The highest BCUT2D eigenvalue weighted by atomic mass is 16.4. The molecule has 0 unspecified atom stereocenters. The lowest BCUT2D eigenvalue weighted by molar-refractivity contribution is -0.148. The second-order valence-electron chi connectivity index (χ2n) is 4.62. The van der Waals surface area contributed by atoms with Crippen LogP contribution in [0.5, 0.6) is 0 Å². The monoisotopic (exact) mass is 382 g/mol. The van der Waals surface area contributed by atoms with E-state index in [0.717, 1.165) is 6.92 Å². The molecule has 26 heavy (non-hydrogen) atoms. The van der Waals surface area contributed by atoms with E-state index in [0.29, 0.717) is 0 Å². The van der Waals surface area contributed by atoms with Crippen LogP contribution in [0.15, 0.2) is 0 Å². The predicted octanol–water partition coefficient (Wildman–Crippen LogP) is -1.81. The molecule has 0 aromatic rings. The molecule has 0 fully saturated rings. The summed E-state index contributed by atoms with van der Waals surface area (Å²) < 4.78 is 0. The molecule has 0 saturated carbocycles. The molecule has 13 nitrogen and oxygen atoms in total. The quantitative estimate of drug-likeness (QED) is 0.217. The molecule has 0 rings (SSSR count). The Morgan fingerprint density at radius 2 is 0.923 bits per heavy atom. The summed E-state index contributed by atoms with van der Waals surface area (Å²) >= 11 is 0. The SMILES string of the molecule is CC(=O)C(=O)O.N[C@@H](CCC(=O)O)C(=O)O.N[C@@H](CCC(=O)O)C(=O)O. The largest absolute Gasteiger partial charge is 0.481 e. The van der Waals surface area contributed by atoms with Crippen molar-refractivity contribution in [1.82, 2.24) is 0 Å². The van der Waals surface area contributed by atoms with Gasteiger partial charge in [0.1, 0.15) is 12.1 Å². The summed E-state index contributed by atoms with van der Waals surface area (Å²) in [5, 5.41) is 40.2. The summed E-state index contributed by atoms with van der Waals surface area (Å²) in [4.78, 5) is 58.6. The van der Waals surface area contributed by atoms with E-state index in [2.05, 4.69) is 0 Å². The van der Waals surface area contributed by atoms with Gasteiger partial charge in [-0.25, -0.2) is 4.79 Å². The van der Waals surface area contributed by atoms with Crippen LogP contribution in [0.25, 0.3) is 0 Å². The fourth-order valence-electron chi connectivity index (χ4n) is 0.805. The van der Waals surface area contributed by atoms with Crippen LogP contribution in [-0.2, 0) is 28.8 Å². The lowest BCUT2D eigenvalue weighted by Crippen LogP contribution is -2.30. The number of hydrogen-bond donors (Lipinski definition) is 7. The minimum atomic E-state index is -1.38. The van der Waals surface area contributed by atoms with Crippen LogP contribution in [-0.4, -0.2) is 73.2 Å². The first-order chi connectivity index (χ1) is 11.7. The number of carbonyl (C=O) groups excluding carboxylic acids is 1. The molecule has 0 aromatic heterocycles. The number of Topliss-reactive ketones (excluding diaryl/α,β-unsaturated/α-hetero) is 1. The summed E-state index contributed by atoms with van der Waals surface area (Å²) in [6, 6.07) is -2.12. The van der Waals surface area contributed by atoms with Gasteiger partial charge in [0.05, 0.1) is 0 Å². The van der Waals surface area contributed by atoms with Crippen molar-refractivity contribution >= 4 is 35.6 Å². The molecule has 0 aromatic carbocycles. The Morgan fingerprint density at radius 3 is 1.04 bits per heavy atom. The Labute approximate surface area is 147 Å². The summed E-state index contributed by atoms with van der Waals surface area (Å²) in [5.41, 5.74) is 10.0. The number of rotatable bonds is 9. The lowest BCUT2D eigenvalue weighted by Gasteiger charge is -2.01. The van der Waals surface area contributed by atoms with Crippen LogP contribution < -0.4 is 11.5 Å². The van der Waals surface area contributed by atoms with E-state index in [4.69, 9.17) is 37.0 Å². The van der Waals surface area contributed by atoms with Gasteiger partial charge in [0.25, 0.3) is 0 Å². The van der Waals surface area contributed by atoms with Crippen molar-refractivity contribution in [2.75, 3.05) is 0 Å². The van der Waals surface area contributed by atoms with Gasteiger partial charge in [0.15, 0.2) is 0 Å². The molecule has 0 bridgehead atoms. The Morgan fingerprint density at radius 1 is 0.692 bits per heavy atom. The van der Waals surface area contributed by atoms with Crippen molar-refractivity contribution in [3.63, 3.8) is 0 Å². The van der Waals surface area contributed by atoms with Crippen molar-refractivity contribution in [3.8, 4) is 0 Å². The molecule has 0 spiro atoms. The molecule has 0 heterocycles. The van der Waals surface area contributed by atoms with E-state index in [1.54, 1.807) is 0 Å². The molecule has 0 radical (unpaired) electrons. The van der Waals surface area contributed by atoms with Gasteiger partial charge < -0.3 is 37.0 Å². The number of ketones is 1. The van der Waals surface area contributed by atoms with Crippen molar-refractivity contribution in [1.29, 1.82) is 0 Å². The molecular weight excluding hydrogens is 360 g/mol. The molecule has 0 aliphatic heterocycles. The zero-order chi connectivity index (χ0) is 21.4. The summed E-state index contributed by atoms with van der Waals surface area (Å²) in [6.07, 6.45) is -0.448. The third kappa shape index (κ3) is 23.2. The number of carboxylic acids is 5. The molecule has 0 aliphatic carbocycles. The highest BCUT2D eigenvalue weighted by molar-refractivity contribution is 6.31. The molecule has 0 aliphatic rings. The zero-order valence-corrected chi connectivity index (χ0v) is 13.8. The van der Waals surface area contributed by atoms with Crippen LogP contribution >= 0.6 is 0 Å². The number of aliphatic carboxylic acids is 5. The average molecular weight is 382 g/mol. The standard InChI is InChI=1S/2C5H9NO4.C3H4O3/c2*6-3(5(9)10)1-2-4(7)8;1-2(4)3(5)6/h2*3H,1-2,6H2,(H,7,8)(H,9,10);1H3,(H,5,6)/t2*3-;/m00./s1. The highest BCUT2D eigenvalue weighted by Gasteiger charge is 2.12. The van der Waals surface area contributed by atoms with Gasteiger partial charge >= 0.3 is 29.8 Å². The molecule has 2 atom stereocenters. The normalized spacial score (nSPS) is 11.3. The number of nitrogens with two attached hydrogens (primary N) is 2. The third-order valence-electron chi connectivity index (χ3n) is 2.27.